The molecule has 2 heterocycles. The Morgan fingerprint density at radius 2 is 2.00 bits per heavy atom. The van der Waals surface area contributed by atoms with Gasteiger partial charge < -0.3 is 15.0 Å². The van der Waals surface area contributed by atoms with Crippen LogP contribution in [-0.4, -0.2) is 48.1 Å². The minimum absolute atomic E-state index is 0.0984. The summed E-state index contributed by atoms with van der Waals surface area (Å²) in [6, 6.07) is 0.0984. The molecular formula is C16H26N2O3. The lowest BCUT2D eigenvalue weighted by Gasteiger charge is -2.39. The molecule has 0 aromatic carbocycles. The Labute approximate surface area is 126 Å². The third-order valence-electron chi connectivity index (χ3n) is 4.75. The summed E-state index contributed by atoms with van der Waals surface area (Å²) in [6.07, 6.45) is 2.27. The van der Waals surface area contributed by atoms with Crippen LogP contribution >= 0.6 is 0 Å². The van der Waals surface area contributed by atoms with E-state index in [4.69, 9.17) is 4.74 Å². The molecule has 1 atom stereocenters. The molecule has 1 saturated heterocycles. The molecule has 5 heteroatoms. The molecule has 5 nitrogen and oxygen atoms in total. The minimum Gasteiger partial charge on any atom is -0.450 e. The summed E-state index contributed by atoms with van der Waals surface area (Å²) >= 11 is 0. The predicted molar refractivity (Wildman–Crippen MR) is 80.8 cm³/mol. The van der Waals surface area contributed by atoms with Crippen molar-refractivity contribution in [2.75, 3.05) is 19.6 Å². The average Bonchev–Trinajstić information content (AvgIpc) is 2.70. The van der Waals surface area contributed by atoms with Crippen molar-refractivity contribution in [3.63, 3.8) is 0 Å². The average molecular weight is 294 g/mol. The number of rotatable bonds is 4. The summed E-state index contributed by atoms with van der Waals surface area (Å²) in [6.45, 7) is 10.5. The first kappa shape index (κ1) is 16.0. The fourth-order valence-electron chi connectivity index (χ4n) is 3.11. The smallest absolute Gasteiger partial charge is 0.335 e. The van der Waals surface area contributed by atoms with Gasteiger partial charge in [-0.05, 0) is 26.8 Å². The van der Waals surface area contributed by atoms with Crippen LogP contribution in [0.2, 0.25) is 0 Å². The summed E-state index contributed by atoms with van der Waals surface area (Å²) in [5.74, 6) is -0.480. The highest BCUT2D eigenvalue weighted by atomic mass is 16.6. The van der Waals surface area contributed by atoms with E-state index in [9.17, 15) is 9.59 Å². The molecule has 0 aliphatic carbocycles. The molecule has 1 spiro atoms. The molecule has 1 fully saturated rings. The largest absolute Gasteiger partial charge is 0.450 e. The fraction of sp³-hybridized carbons (Fsp3) is 0.750. The summed E-state index contributed by atoms with van der Waals surface area (Å²) < 4.78 is 5.64. The van der Waals surface area contributed by atoms with Gasteiger partial charge >= 0.3 is 5.97 Å². The van der Waals surface area contributed by atoms with Gasteiger partial charge in [-0.2, -0.15) is 0 Å². The molecule has 0 radical (unpaired) electrons. The van der Waals surface area contributed by atoms with E-state index in [1.165, 1.54) is 0 Å². The molecule has 1 amide bonds. The molecule has 0 aromatic rings. The van der Waals surface area contributed by atoms with E-state index in [2.05, 4.69) is 17.1 Å². The van der Waals surface area contributed by atoms with Crippen LogP contribution in [0.15, 0.2) is 11.1 Å². The second kappa shape index (κ2) is 6.18. The van der Waals surface area contributed by atoms with Gasteiger partial charge in [0.2, 0.25) is 0 Å². The van der Waals surface area contributed by atoms with Crippen molar-refractivity contribution in [1.29, 1.82) is 0 Å². The molecule has 0 bridgehead atoms. The maximum Gasteiger partial charge on any atom is 0.335 e. The Morgan fingerprint density at radius 3 is 2.52 bits per heavy atom. The fourth-order valence-corrected chi connectivity index (χ4v) is 3.11. The second-order valence-corrected chi connectivity index (χ2v) is 6.10. The first-order chi connectivity index (χ1) is 9.93. The minimum atomic E-state index is -0.704. The highest BCUT2D eigenvalue weighted by molar-refractivity contribution is 6.07. The molecule has 2 rings (SSSR count). The van der Waals surface area contributed by atoms with Gasteiger partial charge in [-0.15, -0.1) is 0 Å². The van der Waals surface area contributed by atoms with Crippen molar-refractivity contribution in [2.24, 2.45) is 0 Å². The highest BCUT2D eigenvalue weighted by Crippen LogP contribution is 2.41. The van der Waals surface area contributed by atoms with Crippen LogP contribution in [0.4, 0.5) is 0 Å². The predicted octanol–water partition coefficient (Wildman–Crippen LogP) is 1.63. The molecule has 2 aliphatic heterocycles. The van der Waals surface area contributed by atoms with E-state index in [0.717, 1.165) is 26.1 Å². The lowest BCUT2D eigenvalue weighted by atomic mass is 9.82. The van der Waals surface area contributed by atoms with Crippen molar-refractivity contribution in [1.82, 2.24) is 10.2 Å². The number of ether oxygens (including phenoxy) is 1. The van der Waals surface area contributed by atoms with Crippen LogP contribution in [0, 0.1) is 0 Å². The van der Waals surface area contributed by atoms with Crippen LogP contribution in [0.25, 0.3) is 0 Å². The van der Waals surface area contributed by atoms with Crippen LogP contribution in [0.5, 0.6) is 0 Å². The Bertz CT molecular complexity index is 462. The summed E-state index contributed by atoms with van der Waals surface area (Å²) in [5.41, 5.74) is 0.328. The number of esters is 1. The molecule has 0 saturated carbocycles. The van der Waals surface area contributed by atoms with E-state index in [-0.39, 0.29) is 17.9 Å². The molecule has 1 N–H and O–H groups in total. The zero-order valence-electron chi connectivity index (χ0n) is 13.5. The van der Waals surface area contributed by atoms with Crippen LogP contribution in [-0.2, 0) is 14.3 Å². The zero-order chi connectivity index (χ0) is 15.6. The van der Waals surface area contributed by atoms with Crippen molar-refractivity contribution in [2.45, 2.75) is 58.6 Å². The van der Waals surface area contributed by atoms with Crippen molar-refractivity contribution >= 4 is 11.9 Å². The topological polar surface area (TPSA) is 58.6 Å². The molecule has 2 aliphatic rings. The van der Waals surface area contributed by atoms with Gasteiger partial charge in [-0.1, -0.05) is 13.8 Å². The highest BCUT2D eigenvalue weighted by Gasteiger charge is 2.50. The third kappa shape index (κ3) is 2.98. The van der Waals surface area contributed by atoms with Crippen LogP contribution in [0.3, 0.4) is 0 Å². The van der Waals surface area contributed by atoms with Gasteiger partial charge in [0.15, 0.2) is 0 Å². The van der Waals surface area contributed by atoms with Crippen molar-refractivity contribution < 1.29 is 14.3 Å². The standard InChI is InChI=1S/C16H26N2O3/c1-5-11(3)17-14(19)13-12(4)15(20)21-16(13)7-9-18(6-2)10-8-16/h11H,5-10H2,1-4H3,(H,17,19). The number of carbonyl (C=O) groups excluding carboxylic acids is 2. The van der Waals surface area contributed by atoms with E-state index in [1.54, 1.807) is 6.92 Å². The van der Waals surface area contributed by atoms with Crippen LogP contribution < -0.4 is 5.32 Å². The Hall–Kier alpha value is -1.36. The monoisotopic (exact) mass is 294 g/mol. The van der Waals surface area contributed by atoms with E-state index < -0.39 is 5.60 Å². The number of hydrogen-bond acceptors (Lipinski definition) is 4. The zero-order valence-corrected chi connectivity index (χ0v) is 13.5. The normalized spacial score (nSPS) is 23.3. The van der Waals surface area contributed by atoms with Gasteiger partial charge in [0.25, 0.3) is 5.91 Å². The maximum absolute atomic E-state index is 12.6. The molecule has 21 heavy (non-hydrogen) atoms. The molecule has 118 valence electrons. The van der Waals surface area contributed by atoms with Gasteiger partial charge in [0, 0.05) is 37.5 Å². The number of nitrogens with one attached hydrogen (secondary N) is 1. The van der Waals surface area contributed by atoms with Crippen molar-refractivity contribution in [3.8, 4) is 0 Å². The SMILES string of the molecule is CCC(C)NC(=O)C1=C(C)C(=O)OC12CCN(CC)CC2. The maximum atomic E-state index is 12.6. The molecular weight excluding hydrogens is 268 g/mol. The van der Waals surface area contributed by atoms with Gasteiger partial charge in [0.1, 0.15) is 5.60 Å². The van der Waals surface area contributed by atoms with Gasteiger partial charge in [-0.3, -0.25) is 4.79 Å². The number of piperidine rings is 1. The Kier molecular flexibility index (Phi) is 4.71. The first-order valence-electron chi connectivity index (χ1n) is 7.91. The first-order valence-corrected chi connectivity index (χ1v) is 7.91. The van der Waals surface area contributed by atoms with Gasteiger partial charge in [0.05, 0.1) is 5.57 Å². The van der Waals surface area contributed by atoms with Crippen molar-refractivity contribution in [3.05, 3.63) is 11.1 Å². The lowest BCUT2D eigenvalue weighted by molar-refractivity contribution is -0.150. The van der Waals surface area contributed by atoms with Gasteiger partial charge in [-0.25, -0.2) is 4.79 Å². The molecule has 0 aromatic heterocycles. The summed E-state index contributed by atoms with van der Waals surface area (Å²) in [7, 11) is 0. The Morgan fingerprint density at radius 1 is 1.38 bits per heavy atom. The van der Waals surface area contributed by atoms with E-state index in [1.807, 2.05) is 13.8 Å². The summed E-state index contributed by atoms with van der Waals surface area (Å²) in [4.78, 5) is 26.9. The number of hydrogen-bond donors (Lipinski definition) is 1. The summed E-state index contributed by atoms with van der Waals surface area (Å²) in [5, 5.41) is 2.98. The lowest BCUT2D eigenvalue weighted by Crippen LogP contribution is -2.49. The second-order valence-electron chi connectivity index (χ2n) is 6.10. The quantitative estimate of drug-likeness (QED) is 0.801. The third-order valence-corrected chi connectivity index (χ3v) is 4.75. The molecule has 1 unspecified atom stereocenters. The number of likely N-dealkylation sites (tertiary alicyclic amines) is 1. The number of nitrogens with zero attached hydrogens (tertiary/aromatic N) is 1. The number of amides is 1. The van der Waals surface area contributed by atoms with E-state index >= 15 is 0 Å². The number of carbonyl (C=O) groups is 2. The van der Waals surface area contributed by atoms with E-state index in [0.29, 0.717) is 24.0 Å². The Balaban J connectivity index is 2.22. The van der Waals surface area contributed by atoms with Crippen LogP contribution in [0.1, 0.15) is 47.0 Å².